The molecule has 3 saturated carbocycles. The van der Waals surface area contributed by atoms with Crippen LogP contribution in [0.15, 0.2) is 12.7 Å². The zero-order chi connectivity index (χ0) is 16.1. The molecule has 0 unspecified atom stereocenters. The molecule has 3 fully saturated rings. The van der Waals surface area contributed by atoms with Crippen molar-refractivity contribution in [3.05, 3.63) is 12.7 Å². The van der Waals surface area contributed by atoms with E-state index in [1.807, 2.05) is 6.08 Å². The fraction of sp³-hybridized carbons (Fsp3) is 0.789. The van der Waals surface area contributed by atoms with Crippen LogP contribution < -0.4 is 0 Å². The van der Waals surface area contributed by atoms with Crippen LogP contribution in [0.5, 0.6) is 0 Å². The standard InChI is InChI=1S/C19H28O3/c1-5-18(3)15-10-11-19(4)14(13(15)6-8-16(18)21)7-9-17(19)22-12(2)20/h5,13-15,17H,1,6-11H2,2-4H3/t13-,14-,15-,17-,18+,19-/m0/s1. The van der Waals surface area contributed by atoms with Gasteiger partial charge in [0.05, 0.1) is 0 Å². The minimum atomic E-state index is -0.357. The molecule has 0 amide bonds. The van der Waals surface area contributed by atoms with Gasteiger partial charge >= 0.3 is 5.97 Å². The Kier molecular flexibility index (Phi) is 3.73. The second kappa shape index (κ2) is 5.21. The molecule has 3 aliphatic rings. The van der Waals surface area contributed by atoms with Gasteiger partial charge in [0.15, 0.2) is 0 Å². The summed E-state index contributed by atoms with van der Waals surface area (Å²) in [5.74, 6) is 1.76. The van der Waals surface area contributed by atoms with Crippen molar-refractivity contribution in [2.75, 3.05) is 0 Å². The van der Waals surface area contributed by atoms with Crippen LogP contribution in [0.4, 0.5) is 0 Å². The van der Waals surface area contributed by atoms with Crippen LogP contribution in [0.2, 0.25) is 0 Å². The summed E-state index contributed by atoms with van der Waals surface area (Å²) < 4.78 is 5.64. The highest BCUT2D eigenvalue weighted by molar-refractivity contribution is 5.87. The van der Waals surface area contributed by atoms with Gasteiger partial charge in [-0.05, 0) is 56.8 Å². The van der Waals surface area contributed by atoms with Gasteiger partial charge in [0, 0.05) is 24.2 Å². The van der Waals surface area contributed by atoms with Crippen molar-refractivity contribution in [3.63, 3.8) is 0 Å². The lowest BCUT2D eigenvalue weighted by Crippen LogP contribution is -2.52. The molecule has 0 bridgehead atoms. The minimum absolute atomic E-state index is 0.0589. The first-order valence-electron chi connectivity index (χ1n) is 8.67. The number of Topliss-reactive ketones (excluding diaryl/α,β-unsaturated/α-hetero) is 1. The molecule has 0 aromatic carbocycles. The Morgan fingerprint density at radius 3 is 2.59 bits per heavy atom. The van der Waals surface area contributed by atoms with Crippen molar-refractivity contribution in [2.45, 2.75) is 65.4 Å². The molecule has 0 saturated heterocycles. The van der Waals surface area contributed by atoms with E-state index in [1.54, 1.807) is 0 Å². The number of fused-ring (bicyclic) bond motifs is 3. The van der Waals surface area contributed by atoms with E-state index in [1.165, 1.54) is 6.92 Å². The highest BCUT2D eigenvalue weighted by Crippen LogP contribution is 2.62. The number of carbonyl (C=O) groups excluding carboxylic acids is 2. The third kappa shape index (κ3) is 2.08. The summed E-state index contributed by atoms with van der Waals surface area (Å²) in [6.07, 6.45) is 7.82. The van der Waals surface area contributed by atoms with Gasteiger partial charge in [-0.15, -0.1) is 6.58 Å². The summed E-state index contributed by atoms with van der Waals surface area (Å²) in [6.45, 7) is 9.86. The van der Waals surface area contributed by atoms with Gasteiger partial charge in [0.25, 0.3) is 0 Å². The van der Waals surface area contributed by atoms with Gasteiger partial charge in [-0.3, -0.25) is 9.59 Å². The maximum absolute atomic E-state index is 12.4. The lowest BCUT2D eigenvalue weighted by Gasteiger charge is -2.54. The molecule has 0 aromatic rings. The molecule has 122 valence electrons. The maximum Gasteiger partial charge on any atom is 0.302 e. The second-order valence-electron chi connectivity index (χ2n) is 8.05. The molecule has 0 aliphatic heterocycles. The molecular weight excluding hydrogens is 276 g/mol. The van der Waals surface area contributed by atoms with E-state index < -0.39 is 0 Å². The molecular formula is C19H28O3. The first kappa shape index (κ1) is 15.8. The minimum Gasteiger partial charge on any atom is -0.462 e. The van der Waals surface area contributed by atoms with Gasteiger partial charge in [-0.2, -0.15) is 0 Å². The fourth-order valence-corrected chi connectivity index (χ4v) is 5.82. The van der Waals surface area contributed by atoms with Crippen molar-refractivity contribution in [2.24, 2.45) is 28.6 Å². The quantitative estimate of drug-likeness (QED) is 0.574. The largest absolute Gasteiger partial charge is 0.462 e. The summed E-state index contributed by atoms with van der Waals surface area (Å²) in [5, 5.41) is 0. The second-order valence-corrected chi connectivity index (χ2v) is 8.05. The normalized spacial score (nSPS) is 47.5. The predicted octanol–water partition coefficient (Wildman–Crippen LogP) is 3.92. The molecule has 3 nitrogen and oxygen atoms in total. The van der Waals surface area contributed by atoms with Crippen LogP contribution in [0.1, 0.15) is 59.3 Å². The third-order valence-electron chi connectivity index (χ3n) is 7.16. The molecule has 0 N–H and O–H groups in total. The van der Waals surface area contributed by atoms with Crippen LogP contribution >= 0.6 is 0 Å². The monoisotopic (exact) mass is 304 g/mol. The van der Waals surface area contributed by atoms with Crippen LogP contribution in [0.3, 0.4) is 0 Å². The number of carbonyl (C=O) groups is 2. The summed E-state index contributed by atoms with van der Waals surface area (Å²) in [6, 6.07) is 0. The Morgan fingerprint density at radius 2 is 1.95 bits per heavy atom. The van der Waals surface area contributed by atoms with E-state index in [4.69, 9.17) is 4.74 Å². The average molecular weight is 304 g/mol. The fourth-order valence-electron chi connectivity index (χ4n) is 5.82. The number of allylic oxidation sites excluding steroid dienone is 1. The SMILES string of the molecule is C=C[C@@]1(C)C(=O)CC[C@H]2[C@@H]3CC[C@H](OC(C)=O)[C@@]3(C)CC[C@@H]21. The topological polar surface area (TPSA) is 43.4 Å². The van der Waals surface area contributed by atoms with Crippen molar-refractivity contribution in [1.29, 1.82) is 0 Å². The average Bonchev–Trinajstić information content (AvgIpc) is 2.79. The molecule has 3 heteroatoms. The van der Waals surface area contributed by atoms with E-state index in [9.17, 15) is 9.59 Å². The number of hydrogen-bond acceptors (Lipinski definition) is 3. The van der Waals surface area contributed by atoms with E-state index in [0.29, 0.717) is 30.0 Å². The van der Waals surface area contributed by atoms with Crippen LogP contribution in [0, 0.1) is 28.6 Å². The number of rotatable bonds is 2. The Balaban J connectivity index is 1.88. The Morgan fingerprint density at radius 1 is 1.23 bits per heavy atom. The summed E-state index contributed by atoms with van der Waals surface area (Å²) in [5.41, 5.74) is -0.265. The highest BCUT2D eigenvalue weighted by atomic mass is 16.5. The van der Waals surface area contributed by atoms with Crippen LogP contribution in [0.25, 0.3) is 0 Å². The lowest BCUT2D eigenvalue weighted by atomic mass is 9.50. The first-order chi connectivity index (χ1) is 10.3. The van der Waals surface area contributed by atoms with Gasteiger partial charge in [0.1, 0.15) is 11.9 Å². The molecule has 0 heterocycles. The van der Waals surface area contributed by atoms with Crippen LogP contribution in [-0.4, -0.2) is 17.9 Å². The van der Waals surface area contributed by atoms with Crippen LogP contribution in [-0.2, 0) is 14.3 Å². The number of ether oxygens (including phenoxy) is 1. The Labute approximate surface area is 133 Å². The molecule has 3 rings (SSSR count). The van der Waals surface area contributed by atoms with Gasteiger partial charge < -0.3 is 4.74 Å². The molecule has 0 radical (unpaired) electrons. The molecule has 0 aromatic heterocycles. The summed E-state index contributed by atoms with van der Waals surface area (Å²) in [4.78, 5) is 23.9. The van der Waals surface area contributed by atoms with E-state index in [2.05, 4.69) is 20.4 Å². The highest BCUT2D eigenvalue weighted by Gasteiger charge is 2.59. The van der Waals surface area contributed by atoms with E-state index >= 15 is 0 Å². The van der Waals surface area contributed by atoms with Gasteiger partial charge in [-0.25, -0.2) is 0 Å². The first-order valence-corrected chi connectivity index (χ1v) is 8.67. The molecule has 6 atom stereocenters. The molecule has 0 spiro atoms. The summed E-state index contributed by atoms with van der Waals surface area (Å²) in [7, 11) is 0. The molecule has 22 heavy (non-hydrogen) atoms. The maximum atomic E-state index is 12.4. The van der Waals surface area contributed by atoms with E-state index in [0.717, 1.165) is 32.1 Å². The third-order valence-corrected chi connectivity index (χ3v) is 7.16. The number of hydrogen-bond donors (Lipinski definition) is 0. The summed E-state index contributed by atoms with van der Waals surface area (Å²) >= 11 is 0. The predicted molar refractivity (Wildman–Crippen MR) is 85.1 cm³/mol. The smallest absolute Gasteiger partial charge is 0.302 e. The van der Waals surface area contributed by atoms with Crippen molar-refractivity contribution >= 4 is 11.8 Å². The zero-order valence-corrected chi connectivity index (χ0v) is 14.1. The Hall–Kier alpha value is -1.12. The molecule has 3 aliphatic carbocycles. The van der Waals surface area contributed by atoms with Crippen molar-refractivity contribution in [3.8, 4) is 0 Å². The van der Waals surface area contributed by atoms with Crippen molar-refractivity contribution < 1.29 is 14.3 Å². The zero-order valence-electron chi connectivity index (χ0n) is 14.1. The Bertz CT molecular complexity index is 511. The van der Waals surface area contributed by atoms with E-state index in [-0.39, 0.29) is 22.9 Å². The van der Waals surface area contributed by atoms with Gasteiger partial charge in [0.2, 0.25) is 0 Å². The van der Waals surface area contributed by atoms with Gasteiger partial charge in [-0.1, -0.05) is 13.0 Å². The number of ketones is 1. The van der Waals surface area contributed by atoms with Crippen molar-refractivity contribution in [1.82, 2.24) is 0 Å². The lowest BCUT2D eigenvalue weighted by molar-refractivity contribution is -0.158. The number of esters is 1.